The lowest BCUT2D eigenvalue weighted by Gasteiger charge is -2.22. The maximum absolute atomic E-state index is 13.1. The Bertz CT molecular complexity index is 638. The molecule has 0 spiro atoms. The molecule has 0 amide bonds. The van der Waals surface area contributed by atoms with Gasteiger partial charge in [-0.1, -0.05) is 36.4 Å². The average Bonchev–Trinajstić information content (AvgIpc) is 2.55. The number of alkyl halides is 3. The van der Waals surface area contributed by atoms with Crippen molar-refractivity contribution in [2.75, 3.05) is 13.7 Å². The third-order valence-electron chi connectivity index (χ3n) is 3.46. The van der Waals surface area contributed by atoms with Gasteiger partial charge in [0.05, 0.1) is 12.2 Å². The van der Waals surface area contributed by atoms with Crippen molar-refractivity contribution in [3.05, 3.63) is 53.6 Å². The maximum atomic E-state index is 13.1. The quantitative estimate of drug-likeness (QED) is 0.853. The van der Waals surface area contributed by atoms with Crippen LogP contribution in [0.5, 0.6) is 5.75 Å². The highest BCUT2D eigenvalue weighted by Crippen LogP contribution is 2.42. The Morgan fingerprint density at radius 1 is 0.955 bits per heavy atom. The molecule has 1 aliphatic rings. The Hall–Kier alpha value is -2.01. The SMILES string of the molecule is CN.FC(F)(F)c1ccccc1-c1cccc2c1OCCC2. The van der Waals surface area contributed by atoms with Gasteiger partial charge in [0.1, 0.15) is 5.75 Å². The minimum atomic E-state index is -4.37. The van der Waals surface area contributed by atoms with Crippen molar-refractivity contribution in [3.63, 3.8) is 0 Å². The highest BCUT2D eigenvalue weighted by Gasteiger charge is 2.34. The average molecular weight is 309 g/mol. The van der Waals surface area contributed by atoms with Crippen molar-refractivity contribution in [2.24, 2.45) is 5.73 Å². The fourth-order valence-corrected chi connectivity index (χ4v) is 2.57. The number of aryl methyl sites for hydroxylation is 1. The second-order valence-corrected chi connectivity index (χ2v) is 4.79. The van der Waals surface area contributed by atoms with E-state index in [0.29, 0.717) is 17.9 Å². The first kappa shape index (κ1) is 16.4. The minimum absolute atomic E-state index is 0.179. The third-order valence-corrected chi connectivity index (χ3v) is 3.46. The Kier molecular flexibility index (Phi) is 5.08. The number of para-hydroxylation sites is 1. The Morgan fingerprint density at radius 3 is 2.36 bits per heavy atom. The molecule has 2 aromatic carbocycles. The molecule has 0 fully saturated rings. The van der Waals surface area contributed by atoms with E-state index < -0.39 is 11.7 Å². The summed E-state index contributed by atoms with van der Waals surface area (Å²) >= 11 is 0. The number of fused-ring (bicyclic) bond motifs is 1. The van der Waals surface area contributed by atoms with Crippen LogP contribution in [0.1, 0.15) is 17.5 Å². The first-order chi connectivity index (χ1) is 10.6. The Labute approximate surface area is 127 Å². The van der Waals surface area contributed by atoms with Crippen LogP contribution in [0.3, 0.4) is 0 Å². The first-order valence-corrected chi connectivity index (χ1v) is 7.06. The van der Waals surface area contributed by atoms with Gasteiger partial charge in [-0.05, 0) is 37.1 Å². The van der Waals surface area contributed by atoms with Crippen LogP contribution in [0.15, 0.2) is 42.5 Å². The molecule has 0 unspecified atom stereocenters. The smallest absolute Gasteiger partial charge is 0.417 e. The fourth-order valence-electron chi connectivity index (χ4n) is 2.57. The van der Waals surface area contributed by atoms with E-state index in [1.807, 2.05) is 6.07 Å². The fraction of sp³-hybridized carbons (Fsp3) is 0.294. The molecule has 2 aromatic rings. The van der Waals surface area contributed by atoms with E-state index in [4.69, 9.17) is 4.74 Å². The second-order valence-electron chi connectivity index (χ2n) is 4.79. The Morgan fingerprint density at radius 2 is 1.64 bits per heavy atom. The summed E-state index contributed by atoms with van der Waals surface area (Å²) in [6.07, 6.45) is -2.62. The van der Waals surface area contributed by atoms with Crippen molar-refractivity contribution in [1.29, 1.82) is 0 Å². The van der Waals surface area contributed by atoms with Crippen molar-refractivity contribution in [3.8, 4) is 16.9 Å². The van der Waals surface area contributed by atoms with E-state index in [0.717, 1.165) is 24.5 Å². The highest BCUT2D eigenvalue weighted by atomic mass is 19.4. The van der Waals surface area contributed by atoms with Crippen molar-refractivity contribution in [1.82, 2.24) is 0 Å². The monoisotopic (exact) mass is 309 g/mol. The molecule has 0 saturated carbocycles. The van der Waals surface area contributed by atoms with Crippen LogP contribution in [0.2, 0.25) is 0 Å². The first-order valence-electron chi connectivity index (χ1n) is 7.06. The van der Waals surface area contributed by atoms with Gasteiger partial charge in [-0.15, -0.1) is 0 Å². The van der Waals surface area contributed by atoms with Gasteiger partial charge in [-0.2, -0.15) is 13.2 Å². The van der Waals surface area contributed by atoms with Gasteiger partial charge < -0.3 is 10.5 Å². The predicted molar refractivity (Wildman–Crippen MR) is 80.8 cm³/mol. The number of rotatable bonds is 1. The zero-order chi connectivity index (χ0) is 16.2. The summed E-state index contributed by atoms with van der Waals surface area (Å²) in [4.78, 5) is 0. The highest BCUT2D eigenvalue weighted by molar-refractivity contribution is 5.75. The molecular weight excluding hydrogens is 291 g/mol. The number of ether oxygens (including phenoxy) is 1. The number of nitrogens with two attached hydrogens (primary N) is 1. The maximum Gasteiger partial charge on any atom is 0.417 e. The van der Waals surface area contributed by atoms with Crippen LogP contribution in [0, 0.1) is 0 Å². The number of hydrogen-bond acceptors (Lipinski definition) is 2. The van der Waals surface area contributed by atoms with E-state index in [9.17, 15) is 13.2 Å². The minimum Gasteiger partial charge on any atom is -0.493 e. The van der Waals surface area contributed by atoms with E-state index in [1.165, 1.54) is 19.2 Å². The van der Waals surface area contributed by atoms with Crippen LogP contribution in [0.4, 0.5) is 13.2 Å². The molecule has 2 N–H and O–H groups in total. The van der Waals surface area contributed by atoms with Crippen LogP contribution in [-0.4, -0.2) is 13.7 Å². The molecule has 0 bridgehead atoms. The van der Waals surface area contributed by atoms with E-state index in [2.05, 4.69) is 5.73 Å². The van der Waals surface area contributed by atoms with E-state index in [1.54, 1.807) is 18.2 Å². The standard InChI is InChI=1S/C16H13F3O.CH5N/c17-16(18,19)14-9-2-1-7-12(14)13-8-3-5-11-6-4-10-20-15(11)13;1-2/h1-3,5,7-9H,4,6,10H2;2H2,1H3. The molecule has 118 valence electrons. The molecule has 0 saturated heterocycles. The van der Waals surface area contributed by atoms with Crippen molar-refractivity contribution in [2.45, 2.75) is 19.0 Å². The van der Waals surface area contributed by atoms with Crippen LogP contribution in [-0.2, 0) is 12.6 Å². The molecular formula is C17H18F3NO. The molecule has 22 heavy (non-hydrogen) atoms. The van der Waals surface area contributed by atoms with E-state index >= 15 is 0 Å². The van der Waals surface area contributed by atoms with Crippen LogP contribution >= 0.6 is 0 Å². The van der Waals surface area contributed by atoms with Gasteiger partial charge in [0.2, 0.25) is 0 Å². The molecule has 0 aliphatic carbocycles. The van der Waals surface area contributed by atoms with Crippen LogP contribution < -0.4 is 10.5 Å². The van der Waals surface area contributed by atoms with Crippen molar-refractivity contribution >= 4 is 0 Å². The molecule has 2 nitrogen and oxygen atoms in total. The lowest BCUT2D eigenvalue weighted by atomic mass is 9.94. The summed E-state index contributed by atoms with van der Waals surface area (Å²) in [6.45, 7) is 0.554. The predicted octanol–water partition coefficient (Wildman–Crippen LogP) is 4.27. The lowest BCUT2D eigenvalue weighted by Crippen LogP contribution is -2.11. The van der Waals surface area contributed by atoms with Gasteiger partial charge >= 0.3 is 6.18 Å². The molecule has 0 aromatic heterocycles. The number of halogens is 3. The zero-order valence-corrected chi connectivity index (χ0v) is 12.3. The Balaban J connectivity index is 0.000000847. The van der Waals surface area contributed by atoms with Crippen molar-refractivity contribution < 1.29 is 17.9 Å². The summed E-state index contributed by atoms with van der Waals surface area (Å²) in [6, 6.07) is 11.0. The van der Waals surface area contributed by atoms with E-state index in [-0.39, 0.29) is 5.56 Å². The largest absolute Gasteiger partial charge is 0.493 e. The zero-order valence-electron chi connectivity index (χ0n) is 12.3. The number of benzene rings is 2. The van der Waals surface area contributed by atoms with Gasteiger partial charge in [-0.25, -0.2) is 0 Å². The van der Waals surface area contributed by atoms with Gasteiger partial charge in [0.25, 0.3) is 0 Å². The molecule has 5 heteroatoms. The van der Waals surface area contributed by atoms with Crippen LogP contribution in [0.25, 0.3) is 11.1 Å². The topological polar surface area (TPSA) is 35.2 Å². The molecule has 0 radical (unpaired) electrons. The summed E-state index contributed by atoms with van der Waals surface area (Å²) in [5, 5.41) is 0. The molecule has 1 aliphatic heterocycles. The summed E-state index contributed by atoms with van der Waals surface area (Å²) in [5.41, 5.74) is 5.56. The normalized spacial score (nSPS) is 13.5. The molecule has 1 heterocycles. The summed E-state index contributed by atoms with van der Waals surface area (Å²) < 4.78 is 45.0. The lowest BCUT2D eigenvalue weighted by molar-refractivity contribution is -0.137. The van der Waals surface area contributed by atoms with Gasteiger partial charge in [-0.3, -0.25) is 0 Å². The second kappa shape index (κ2) is 6.83. The summed E-state index contributed by atoms with van der Waals surface area (Å²) in [7, 11) is 1.50. The van der Waals surface area contributed by atoms with Gasteiger partial charge in [0.15, 0.2) is 0 Å². The number of hydrogen-bond donors (Lipinski definition) is 1. The van der Waals surface area contributed by atoms with Gasteiger partial charge in [0, 0.05) is 5.56 Å². The summed E-state index contributed by atoms with van der Waals surface area (Å²) in [5.74, 6) is 0.593. The molecule has 3 rings (SSSR count). The molecule has 0 atom stereocenters. The third kappa shape index (κ3) is 3.25.